The summed E-state index contributed by atoms with van der Waals surface area (Å²) in [7, 11) is 0. The molecule has 0 spiro atoms. The standard InChI is InChI=1S/C15H20BrClN4/c1-2-5-20-6-3-12(4-7-20)21-14(9-17)19-13-8-11(16)10-18-15(13)21/h8,10,12H,2-7,9H2,1H3. The number of rotatable bonds is 4. The van der Waals surface area contributed by atoms with E-state index in [9.17, 15) is 0 Å². The van der Waals surface area contributed by atoms with E-state index in [4.69, 9.17) is 11.6 Å². The smallest absolute Gasteiger partial charge is 0.160 e. The molecule has 0 aromatic carbocycles. The van der Waals surface area contributed by atoms with E-state index < -0.39 is 0 Å². The molecule has 114 valence electrons. The van der Waals surface area contributed by atoms with Gasteiger partial charge in [-0.2, -0.15) is 0 Å². The van der Waals surface area contributed by atoms with Gasteiger partial charge in [0.05, 0.1) is 5.88 Å². The second-order valence-electron chi connectivity index (χ2n) is 5.60. The van der Waals surface area contributed by atoms with E-state index in [-0.39, 0.29) is 0 Å². The molecular formula is C15H20BrClN4. The number of alkyl halides is 1. The van der Waals surface area contributed by atoms with E-state index in [2.05, 4.69) is 42.3 Å². The van der Waals surface area contributed by atoms with Crippen molar-refractivity contribution in [3.05, 3.63) is 22.6 Å². The molecule has 21 heavy (non-hydrogen) atoms. The summed E-state index contributed by atoms with van der Waals surface area (Å²) in [6.45, 7) is 5.74. The monoisotopic (exact) mass is 370 g/mol. The number of piperidine rings is 1. The first-order chi connectivity index (χ1) is 10.2. The van der Waals surface area contributed by atoms with Crippen molar-refractivity contribution in [2.24, 2.45) is 0 Å². The third kappa shape index (κ3) is 3.10. The first-order valence-electron chi connectivity index (χ1n) is 7.53. The Balaban J connectivity index is 1.89. The largest absolute Gasteiger partial charge is 0.308 e. The first-order valence-corrected chi connectivity index (χ1v) is 8.86. The van der Waals surface area contributed by atoms with Crippen molar-refractivity contribution < 1.29 is 0 Å². The van der Waals surface area contributed by atoms with Crippen LogP contribution in [-0.2, 0) is 5.88 Å². The number of imidazole rings is 1. The van der Waals surface area contributed by atoms with E-state index in [0.29, 0.717) is 11.9 Å². The fourth-order valence-corrected chi connectivity index (χ4v) is 3.71. The van der Waals surface area contributed by atoms with Crippen LogP contribution in [0.25, 0.3) is 11.2 Å². The maximum Gasteiger partial charge on any atom is 0.160 e. The van der Waals surface area contributed by atoms with Crippen LogP contribution in [0.5, 0.6) is 0 Å². The number of nitrogens with zero attached hydrogens (tertiary/aromatic N) is 4. The van der Waals surface area contributed by atoms with Gasteiger partial charge in [-0.3, -0.25) is 0 Å². The number of aromatic nitrogens is 3. The fourth-order valence-electron chi connectivity index (χ4n) is 3.20. The lowest BCUT2D eigenvalue weighted by atomic mass is 10.0. The van der Waals surface area contributed by atoms with Gasteiger partial charge in [0.2, 0.25) is 0 Å². The van der Waals surface area contributed by atoms with Crippen LogP contribution in [0.1, 0.15) is 38.1 Å². The van der Waals surface area contributed by atoms with Crippen molar-refractivity contribution in [1.82, 2.24) is 19.4 Å². The lowest BCUT2D eigenvalue weighted by molar-refractivity contribution is 0.187. The zero-order valence-electron chi connectivity index (χ0n) is 12.2. The van der Waals surface area contributed by atoms with Gasteiger partial charge in [-0.05, 0) is 47.8 Å². The molecule has 0 atom stereocenters. The Morgan fingerprint density at radius 2 is 2.14 bits per heavy atom. The lowest BCUT2D eigenvalue weighted by Gasteiger charge is -2.33. The molecule has 2 aromatic rings. The van der Waals surface area contributed by atoms with Crippen LogP contribution in [0.2, 0.25) is 0 Å². The minimum absolute atomic E-state index is 0.434. The quantitative estimate of drug-likeness (QED) is 0.762. The molecule has 0 bridgehead atoms. The van der Waals surface area contributed by atoms with Gasteiger partial charge in [0.15, 0.2) is 5.65 Å². The summed E-state index contributed by atoms with van der Waals surface area (Å²) < 4.78 is 3.22. The molecule has 4 nitrogen and oxygen atoms in total. The Morgan fingerprint density at radius 3 is 2.81 bits per heavy atom. The second-order valence-corrected chi connectivity index (χ2v) is 6.78. The van der Waals surface area contributed by atoms with Gasteiger partial charge in [0, 0.05) is 29.8 Å². The van der Waals surface area contributed by atoms with Crippen molar-refractivity contribution in [3.63, 3.8) is 0 Å². The summed E-state index contributed by atoms with van der Waals surface area (Å²) in [6, 6.07) is 2.48. The summed E-state index contributed by atoms with van der Waals surface area (Å²) in [5.41, 5.74) is 1.89. The Hall–Kier alpha value is -0.650. The van der Waals surface area contributed by atoms with Gasteiger partial charge >= 0.3 is 0 Å². The Morgan fingerprint density at radius 1 is 1.38 bits per heavy atom. The van der Waals surface area contributed by atoms with E-state index >= 15 is 0 Å². The third-order valence-electron chi connectivity index (χ3n) is 4.15. The molecular weight excluding hydrogens is 352 g/mol. The highest BCUT2D eigenvalue weighted by Crippen LogP contribution is 2.29. The van der Waals surface area contributed by atoms with Crippen molar-refractivity contribution in [1.29, 1.82) is 0 Å². The van der Waals surface area contributed by atoms with Crippen LogP contribution in [0, 0.1) is 0 Å². The molecule has 0 radical (unpaired) electrons. The molecule has 0 N–H and O–H groups in total. The highest BCUT2D eigenvalue weighted by Gasteiger charge is 2.24. The molecule has 6 heteroatoms. The molecule has 2 aromatic heterocycles. The number of pyridine rings is 1. The zero-order valence-corrected chi connectivity index (χ0v) is 14.6. The van der Waals surface area contributed by atoms with E-state index in [0.717, 1.165) is 47.4 Å². The molecule has 0 aliphatic carbocycles. The number of fused-ring (bicyclic) bond motifs is 1. The third-order valence-corrected chi connectivity index (χ3v) is 4.82. The minimum atomic E-state index is 0.434. The Bertz CT molecular complexity index is 619. The van der Waals surface area contributed by atoms with Gasteiger partial charge in [-0.25, -0.2) is 9.97 Å². The average molecular weight is 372 g/mol. The molecule has 0 unspecified atom stereocenters. The molecule has 1 fully saturated rings. The van der Waals surface area contributed by atoms with Crippen LogP contribution < -0.4 is 0 Å². The lowest BCUT2D eigenvalue weighted by Crippen LogP contribution is -2.35. The maximum absolute atomic E-state index is 6.11. The number of hydrogen-bond donors (Lipinski definition) is 0. The Kier molecular flexibility index (Phi) is 4.82. The average Bonchev–Trinajstić information content (AvgIpc) is 2.86. The topological polar surface area (TPSA) is 34.0 Å². The predicted octanol–water partition coefficient (Wildman–Crippen LogP) is 3.98. The zero-order chi connectivity index (χ0) is 14.8. The summed E-state index contributed by atoms with van der Waals surface area (Å²) in [6.07, 6.45) is 5.35. The number of halogens is 2. The Labute approximate surface area is 138 Å². The summed E-state index contributed by atoms with van der Waals surface area (Å²) in [4.78, 5) is 11.8. The van der Waals surface area contributed by atoms with Crippen molar-refractivity contribution in [3.8, 4) is 0 Å². The van der Waals surface area contributed by atoms with Crippen LogP contribution in [0.3, 0.4) is 0 Å². The molecule has 3 heterocycles. The SMILES string of the molecule is CCCN1CCC(n2c(CCl)nc3cc(Br)cnc32)CC1. The molecule has 1 saturated heterocycles. The van der Waals surface area contributed by atoms with Gasteiger partial charge < -0.3 is 9.47 Å². The maximum atomic E-state index is 6.11. The summed E-state index contributed by atoms with van der Waals surface area (Å²) in [5.74, 6) is 1.37. The normalized spacial score (nSPS) is 17.7. The van der Waals surface area contributed by atoms with Gasteiger partial charge in [0.1, 0.15) is 11.3 Å². The fraction of sp³-hybridized carbons (Fsp3) is 0.600. The number of hydrogen-bond acceptors (Lipinski definition) is 3. The molecule has 1 aliphatic heterocycles. The van der Waals surface area contributed by atoms with Crippen molar-refractivity contribution in [2.45, 2.75) is 38.1 Å². The number of likely N-dealkylation sites (tertiary alicyclic amines) is 1. The van der Waals surface area contributed by atoms with Crippen LogP contribution >= 0.6 is 27.5 Å². The molecule has 1 aliphatic rings. The summed E-state index contributed by atoms with van der Waals surface area (Å²) in [5, 5.41) is 0. The highest BCUT2D eigenvalue weighted by molar-refractivity contribution is 9.10. The van der Waals surface area contributed by atoms with Crippen molar-refractivity contribution >= 4 is 38.7 Å². The summed E-state index contributed by atoms with van der Waals surface area (Å²) >= 11 is 9.57. The highest BCUT2D eigenvalue weighted by atomic mass is 79.9. The van der Waals surface area contributed by atoms with Gasteiger partial charge in [-0.1, -0.05) is 6.92 Å². The van der Waals surface area contributed by atoms with Crippen LogP contribution in [0.15, 0.2) is 16.7 Å². The van der Waals surface area contributed by atoms with Gasteiger partial charge in [0.25, 0.3) is 0 Å². The van der Waals surface area contributed by atoms with Crippen LogP contribution in [0.4, 0.5) is 0 Å². The van der Waals surface area contributed by atoms with Gasteiger partial charge in [-0.15, -0.1) is 11.6 Å². The minimum Gasteiger partial charge on any atom is -0.308 e. The molecule has 0 amide bonds. The molecule has 0 saturated carbocycles. The second kappa shape index (κ2) is 6.63. The van der Waals surface area contributed by atoms with E-state index in [1.165, 1.54) is 13.0 Å². The predicted molar refractivity (Wildman–Crippen MR) is 89.8 cm³/mol. The van der Waals surface area contributed by atoms with E-state index in [1.807, 2.05) is 12.3 Å². The molecule has 3 rings (SSSR count). The first kappa shape index (κ1) is 15.3. The van der Waals surface area contributed by atoms with Crippen molar-refractivity contribution in [2.75, 3.05) is 19.6 Å². The van der Waals surface area contributed by atoms with E-state index in [1.54, 1.807) is 0 Å². The van der Waals surface area contributed by atoms with Crippen LogP contribution in [-0.4, -0.2) is 39.1 Å².